The highest BCUT2D eigenvalue weighted by molar-refractivity contribution is 6.40. The Morgan fingerprint density at radius 3 is 2.57 bits per heavy atom. The fourth-order valence-electron chi connectivity index (χ4n) is 2.74. The van der Waals surface area contributed by atoms with Gasteiger partial charge >= 0.3 is 12.0 Å². The Labute approximate surface area is 180 Å². The summed E-state index contributed by atoms with van der Waals surface area (Å²) in [6, 6.07) is 8.15. The molecule has 154 valence electrons. The van der Waals surface area contributed by atoms with Crippen LogP contribution in [0.1, 0.15) is 11.1 Å². The molecule has 0 saturated carbocycles. The SMILES string of the molecule is Cc1c(Cl)cccc1N1C(=O)NC(=O)/C(=C\c2ccc(OCC(=O)O)c(Cl)c2)C1=O. The quantitative estimate of drug-likeness (QED) is 0.534. The van der Waals surface area contributed by atoms with Crippen LogP contribution in [0.2, 0.25) is 10.0 Å². The lowest BCUT2D eigenvalue weighted by atomic mass is 10.1. The lowest BCUT2D eigenvalue weighted by Gasteiger charge is -2.27. The number of hydrogen-bond acceptors (Lipinski definition) is 5. The average molecular weight is 449 g/mol. The van der Waals surface area contributed by atoms with E-state index in [0.717, 1.165) is 4.90 Å². The van der Waals surface area contributed by atoms with Gasteiger partial charge in [-0.2, -0.15) is 0 Å². The van der Waals surface area contributed by atoms with Crippen LogP contribution in [0.15, 0.2) is 42.0 Å². The molecule has 1 aliphatic heterocycles. The molecule has 1 saturated heterocycles. The summed E-state index contributed by atoms with van der Waals surface area (Å²) < 4.78 is 5.03. The Morgan fingerprint density at radius 1 is 1.17 bits per heavy atom. The number of aliphatic carboxylic acids is 1. The summed E-state index contributed by atoms with van der Waals surface area (Å²) in [5.41, 5.74) is 0.834. The molecule has 1 fully saturated rings. The number of benzene rings is 2. The van der Waals surface area contributed by atoms with Gasteiger partial charge in [0.05, 0.1) is 10.7 Å². The molecule has 10 heteroatoms. The molecule has 0 aliphatic carbocycles. The number of rotatable bonds is 5. The highest BCUT2D eigenvalue weighted by Gasteiger charge is 2.37. The normalized spacial score (nSPS) is 15.4. The van der Waals surface area contributed by atoms with E-state index in [1.807, 2.05) is 0 Å². The van der Waals surface area contributed by atoms with Crippen LogP contribution < -0.4 is 15.0 Å². The molecule has 2 aromatic carbocycles. The first-order chi connectivity index (χ1) is 14.2. The molecular weight excluding hydrogens is 435 g/mol. The molecule has 0 bridgehead atoms. The second-order valence-corrected chi connectivity index (χ2v) is 7.03. The van der Waals surface area contributed by atoms with Crippen molar-refractivity contribution in [3.63, 3.8) is 0 Å². The summed E-state index contributed by atoms with van der Waals surface area (Å²) in [6.45, 7) is 1.07. The molecule has 2 aromatic rings. The third-order valence-corrected chi connectivity index (χ3v) is 4.90. The molecule has 8 nitrogen and oxygen atoms in total. The Kier molecular flexibility index (Phi) is 6.09. The van der Waals surface area contributed by atoms with Crippen molar-refractivity contribution < 1.29 is 29.0 Å². The Bertz CT molecular complexity index is 1110. The zero-order valence-corrected chi connectivity index (χ0v) is 17.0. The third-order valence-electron chi connectivity index (χ3n) is 4.20. The van der Waals surface area contributed by atoms with Crippen LogP contribution in [0.3, 0.4) is 0 Å². The van der Waals surface area contributed by atoms with Crippen LogP contribution in [0, 0.1) is 6.92 Å². The first kappa shape index (κ1) is 21.4. The number of carbonyl (C=O) groups is 4. The van der Waals surface area contributed by atoms with E-state index in [2.05, 4.69) is 5.32 Å². The van der Waals surface area contributed by atoms with Crippen molar-refractivity contribution in [1.29, 1.82) is 0 Å². The van der Waals surface area contributed by atoms with Crippen LogP contribution in [0.25, 0.3) is 6.08 Å². The average Bonchev–Trinajstić information content (AvgIpc) is 2.67. The summed E-state index contributed by atoms with van der Waals surface area (Å²) in [7, 11) is 0. The van der Waals surface area contributed by atoms with Gasteiger partial charge in [0.15, 0.2) is 6.61 Å². The zero-order chi connectivity index (χ0) is 22.0. The van der Waals surface area contributed by atoms with Gasteiger partial charge in [-0.25, -0.2) is 14.5 Å². The first-order valence-corrected chi connectivity index (χ1v) is 9.25. The van der Waals surface area contributed by atoms with E-state index in [1.54, 1.807) is 19.1 Å². The minimum atomic E-state index is -1.16. The van der Waals surface area contributed by atoms with Crippen LogP contribution in [-0.2, 0) is 14.4 Å². The molecule has 30 heavy (non-hydrogen) atoms. The van der Waals surface area contributed by atoms with Gasteiger partial charge in [-0.05, 0) is 48.4 Å². The summed E-state index contributed by atoms with van der Waals surface area (Å²) in [4.78, 5) is 49.0. The van der Waals surface area contributed by atoms with Gasteiger partial charge in [0.1, 0.15) is 11.3 Å². The number of carbonyl (C=O) groups excluding carboxylic acids is 3. The standard InChI is InChI=1S/C20H14Cl2N2O6/c1-10-13(21)3-2-4-15(10)24-19(28)12(18(27)23-20(24)29)7-11-5-6-16(14(22)8-11)30-9-17(25)26/h2-8H,9H2,1H3,(H,25,26)(H,23,27,29)/b12-7+. The van der Waals surface area contributed by atoms with Gasteiger partial charge < -0.3 is 9.84 Å². The van der Waals surface area contributed by atoms with Gasteiger partial charge in [0.2, 0.25) is 0 Å². The number of ether oxygens (including phenoxy) is 1. The molecule has 1 heterocycles. The second kappa shape index (κ2) is 8.56. The maximum absolute atomic E-state index is 13.0. The molecule has 0 unspecified atom stereocenters. The maximum atomic E-state index is 13.0. The van der Waals surface area contributed by atoms with Gasteiger partial charge in [0, 0.05) is 5.02 Å². The number of amides is 4. The smallest absolute Gasteiger partial charge is 0.341 e. The number of carboxylic acids is 1. The van der Waals surface area contributed by atoms with Gasteiger partial charge in [-0.3, -0.25) is 14.9 Å². The zero-order valence-electron chi connectivity index (χ0n) is 15.4. The molecule has 0 aromatic heterocycles. The van der Waals surface area contributed by atoms with E-state index in [0.29, 0.717) is 16.1 Å². The predicted molar refractivity (Wildman–Crippen MR) is 110 cm³/mol. The summed E-state index contributed by atoms with van der Waals surface area (Å²) in [5, 5.41) is 11.2. The van der Waals surface area contributed by atoms with Crippen LogP contribution >= 0.6 is 23.2 Å². The molecule has 4 amide bonds. The maximum Gasteiger partial charge on any atom is 0.341 e. The number of carboxylic acid groups (broad SMARTS) is 1. The molecule has 1 aliphatic rings. The number of halogens is 2. The van der Waals surface area contributed by atoms with Crippen molar-refractivity contribution in [3.05, 3.63) is 63.1 Å². The largest absolute Gasteiger partial charge is 0.480 e. The Hall–Kier alpha value is -3.36. The second-order valence-electron chi connectivity index (χ2n) is 6.21. The third kappa shape index (κ3) is 4.29. The summed E-state index contributed by atoms with van der Waals surface area (Å²) in [6.07, 6.45) is 1.27. The van der Waals surface area contributed by atoms with E-state index in [9.17, 15) is 19.2 Å². The van der Waals surface area contributed by atoms with Crippen molar-refractivity contribution in [2.24, 2.45) is 0 Å². The Morgan fingerprint density at radius 2 is 1.90 bits per heavy atom. The number of barbiturate groups is 1. The highest BCUT2D eigenvalue weighted by atomic mass is 35.5. The summed E-state index contributed by atoms with van der Waals surface area (Å²) in [5.74, 6) is -2.71. The molecule has 0 radical (unpaired) electrons. The van der Waals surface area contributed by atoms with Crippen LogP contribution in [0.4, 0.5) is 10.5 Å². The van der Waals surface area contributed by atoms with Crippen molar-refractivity contribution >= 4 is 58.8 Å². The number of nitrogens with zero attached hydrogens (tertiary/aromatic N) is 1. The van der Waals surface area contributed by atoms with Crippen LogP contribution in [-0.4, -0.2) is 35.5 Å². The molecule has 2 N–H and O–H groups in total. The van der Waals surface area contributed by atoms with E-state index in [4.69, 9.17) is 33.0 Å². The highest BCUT2D eigenvalue weighted by Crippen LogP contribution is 2.30. The van der Waals surface area contributed by atoms with Gasteiger partial charge in [0.25, 0.3) is 11.8 Å². The van der Waals surface area contributed by atoms with Crippen molar-refractivity contribution in [1.82, 2.24) is 5.32 Å². The first-order valence-electron chi connectivity index (χ1n) is 8.49. The minimum absolute atomic E-state index is 0.0906. The van der Waals surface area contributed by atoms with Crippen molar-refractivity contribution in [2.75, 3.05) is 11.5 Å². The number of hydrogen-bond donors (Lipinski definition) is 2. The topological polar surface area (TPSA) is 113 Å². The number of nitrogens with one attached hydrogen (secondary N) is 1. The van der Waals surface area contributed by atoms with Crippen LogP contribution in [0.5, 0.6) is 5.75 Å². The van der Waals surface area contributed by atoms with E-state index in [1.165, 1.54) is 30.3 Å². The van der Waals surface area contributed by atoms with Crippen molar-refractivity contribution in [3.8, 4) is 5.75 Å². The Balaban J connectivity index is 1.96. The fourth-order valence-corrected chi connectivity index (χ4v) is 3.16. The number of urea groups is 1. The fraction of sp³-hybridized carbons (Fsp3) is 0.100. The molecule has 3 rings (SSSR count). The van der Waals surface area contributed by atoms with E-state index < -0.39 is 30.4 Å². The monoisotopic (exact) mass is 448 g/mol. The van der Waals surface area contributed by atoms with Gasteiger partial charge in [-0.1, -0.05) is 35.3 Å². The summed E-state index contributed by atoms with van der Waals surface area (Å²) >= 11 is 12.2. The predicted octanol–water partition coefficient (Wildman–Crippen LogP) is 3.43. The minimum Gasteiger partial charge on any atom is -0.480 e. The molecular formula is C20H14Cl2N2O6. The number of anilines is 1. The number of imide groups is 2. The lowest BCUT2D eigenvalue weighted by Crippen LogP contribution is -2.54. The molecule has 0 spiro atoms. The molecule has 0 atom stereocenters. The van der Waals surface area contributed by atoms with Gasteiger partial charge in [-0.15, -0.1) is 0 Å². The van der Waals surface area contributed by atoms with Crippen molar-refractivity contribution in [2.45, 2.75) is 6.92 Å². The van der Waals surface area contributed by atoms with E-state index >= 15 is 0 Å². The lowest BCUT2D eigenvalue weighted by molar-refractivity contribution is -0.139. The van der Waals surface area contributed by atoms with E-state index in [-0.39, 0.29) is 22.0 Å².